The molecule has 2 aromatic rings. The summed E-state index contributed by atoms with van der Waals surface area (Å²) in [7, 11) is 5.10. The topological polar surface area (TPSA) is 101 Å². The highest BCUT2D eigenvalue weighted by atomic mass is 16.5. The molecule has 1 heterocycles. The zero-order valence-electron chi connectivity index (χ0n) is 15.5. The van der Waals surface area contributed by atoms with Crippen LogP contribution in [-0.4, -0.2) is 62.0 Å². The zero-order valence-corrected chi connectivity index (χ0v) is 15.5. The number of hydrogen-bond donors (Lipinski definition) is 2. The van der Waals surface area contributed by atoms with Crippen LogP contribution >= 0.6 is 0 Å². The second-order valence-corrected chi connectivity index (χ2v) is 6.02. The molecule has 8 nitrogen and oxygen atoms in total. The molecule has 27 heavy (non-hydrogen) atoms. The molecule has 0 spiro atoms. The van der Waals surface area contributed by atoms with Gasteiger partial charge in [0.2, 0.25) is 0 Å². The van der Waals surface area contributed by atoms with Crippen LogP contribution in [0.15, 0.2) is 42.6 Å². The van der Waals surface area contributed by atoms with E-state index in [0.717, 1.165) is 0 Å². The van der Waals surface area contributed by atoms with Gasteiger partial charge in [-0.1, -0.05) is 6.07 Å². The highest BCUT2D eigenvalue weighted by Crippen LogP contribution is 2.13. The molecule has 0 atom stereocenters. The Morgan fingerprint density at radius 2 is 1.85 bits per heavy atom. The summed E-state index contributed by atoms with van der Waals surface area (Å²) in [6.07, 6.45) is 1.40. The van der Waals surface area contributed by atoms with Gasteiger partial charge in [0.15, 0.2) is 0 Å². The van der Waals surface area contributed by atoms with Crippen LogP contribution in [0, 0.1) is 0 Å². The summed E-state index contributed by atoms with van der Waals surface area (Å²) in [4.78, 5) is 42.1. The Hall–Kier alpha value is -3.26. The molecule has 0 saturated heterocycles. The molecular weight excluding hydrogens is 348 g/mol. The molecule has 0 aliphatic carbocycles. The van der Waals surface area contributed by atoms with E-state index in [-0.39, 0.29) is 17.2 Å². The lowest BCUT2D eigenvalue weighted by molar-refractivity contribution is 0.0600. The maximum atomic E-state index is 12.4. The summed E-state index contributed by atoms with van der Waals surface area (Å²) in [6, 6.07) is 9.32. The Morgan fingerprint density at radius 3 is 2.56 bits per heavy atom. The number of rotatable bonds is 7. The lowest BCUT2D eigenvalue weighted by Crippen LogP contribution is -2.32. The summed E-state index contributed by atoms with van der Waals surface area (Å²) in [6.45, 7) is 1.17. The maximum absolute atomic E-state index is 12.4. The Labute approximate surface area is 157 Å². The van der Waals surface area contributed by atoms with Gasteiger partial charge in [-0.15, -0.1) is 0 Å². The number of carbonyl (C=O) groups excluding carboxylic acids is 3. The number of pyridine rings is 1. The van der Waals surface area contributed by atoms with E-state index in [1.807, 2.05) is 19.0 Å². The van der Waals surface area contributed by atoms with Crippen molar-refractivity contribution in [2.45, 2.75) is 0 Å². The predicted octanol–water partition coefficient (Wildman–Crippen LogP) is 1.41. The number of nitrogens with zero attached hydrogens (tertiary/aromatic N) is 2. The molecule has 2 rings (SSSR count). The van der Waals surface area contributed by atoms with Crippen LogP contribution < -0.4 is 10.6 Å². The number of methoxy groups -OCH3 is 1. The fourth-order valence-electron chi connectivity index (χ4n) is 2.22. The fourth-order valence-corrected chi connectivity index (χ4v) is 2.22. The lowest BCUT2D eigenvalue weighted by atomic mass is 10.1. The third-order valence-corrected chi connectivity index (χ3v) is 3.64. The van der Waals surface area contributed by atoms with Crippen molar-refractivity contribution in [2.75, 3.05) is 39.6 Å². The van der Waals surface area contributed by atoms with Crippen molar-refractivity contribution in [1.29, 1.82) is 0 Å². The molecule has 142 valence electrons. The first-order valence-electron chi connectivity index (χ1n) is 8.29. The second-order valence-electron chi connectivity index (χ2n) is 6.02. The minimum Gasteiger partial charge on any atom is -0.465 e. The number of carbonyl (C=O) groups is 3. The van der Waals surface area contributed by atoms with E-state index in [9.17, 15) is 14.4 Å². The Kier molecular flexibility index (Phi) is 7.01. The number of benzene rings is 1. The van der Waals surface area contributed by atoms with E-state index >= 15 is 0 Å². The molecule has 0 radical (unpaired) electrons. The second kappa shape index (κ2) is 9.44. The normalized spacial score (nSPS) is 10.4. The monoisotopic (exact) mass is 370 g/mol. The van der Waals surface area contributed by atoms with Crippen LogP contribution in [0.4, 0.5) is 5.69 Å². The zero-order chi connectivity index (χ0) is 19.8. The average molecular weight is 370 g/mol. The number of anilines is 1. The molecule has 2 amide bonds. The first-order chi connectivity index (χ1) is 12.9. The highest BCUT2D eigenvalue weighted by Gasteiger charge is 2.13. The van der Waals surface area contributed by atoms with Crippen molar-refractivity contribution in [3.63, 3.8) is 0 Å². The summed E-state index contributed by atoms with van der Waals surface area (Å²) in [5.74, 6) is -1.26. The van der Waals surface area contributed by atoms with Crippen molar-refractivity contribution >= 4 is 23.5 Å². The van der Waals surface area contributed by atoms with E-state index in [4.69, 9.17) is 0 Å². The number of aromatic nitrogens is 1. The molecule has 1 aromatic heterocycles. The quantitative estimate of drug-likeness (QED) is 0.715. The molecule has 2 N–H and O–H groups in total. The van der Waals surface area contributed by atoms with Crippen molar-refractivity contribution in [2.24, 2.45) is 0 Å². The number of nitrogens with one attached hydrogen (secondary N) is 2. The summed E-state index contributed by atoms with van der Waals surface area (Å²) >= 11 is 0. The first-order valence-corrected chi connectivity index (χ1v) is 8.29. The van der Waals surface area contributed by atoms with Crippen LogP contribution in [0.5, 0.6) is 0 Å². The van der Waals surface area contributed by atoms with Crippen LogP contribution in [0.25, 0.3) is 0 Å². The van der Waals surface area contributed by atoms with Crippen molar-refractivity contribution in [1.82, 2.24) is 15.2 Å². The van der Waals surface area contributed by atoms with Gasteiger partial charge in [-0.3, -0.25) is 14.6 Å². The number of amides is 2. The molecule has 8 heteroatoms. The standard InChI is InChI=1S/C19H22N4O4/c1-23(2)10-9-21-18(25)16-12-13(7-8-20-16)17(24)22-15-6-4-5-14(11-15)19(26)27-3/h4-8,11-12H,9-10H2,1-3H3,(H,21,25)(H,22,24). The minimum absolute atomic E-state index is 0.157. The maximum Gasteiger partial charge on any atom is 0.337 e. The summed E-state index contributed by atoms with van der Waals surface area (Å²) < 4.78 is 4.66. The Bertz CT molecular complexity index is 836. The molecule has 0 bridgehead atoms. The third-order valence-electron chi connectivity index (χ3n) is 3.64. The van der Waals surface area contributed by atoms with Gasteiger partial charge in [0.25, 0.3) is 11.8 Å². The van der Waals surface area contributed by atoms with E-state index in [1.54, 1.807) is 18.2 Å². The fraction of sp³-hybridized carbons (Fsp3) is 0.263. The van der Waals surface area contributed by atoms with Gasteiger partial charge in [0.05, 0.1) is 12.7 Å². The number of hydrogen-bond acceptors (Lipinski definition) is 6. The van der Waals surface area contributed by atoms with Crippen LogP contribution in [0.3, 0.4) is 0 Å². The van der Waals surface area contributed by atoms with E-state index in [1.165, 1.54) is 31.5 Å². The molecule has 0 fully saturated rings. The van der Waals surface area contributed by atoms with Gasteiger partial charge in [0, 0.05) is 30.5 Å². The number of esters is 1. The van der Waals surface area contributed by atoms with Crippen LogP contribution in [0.1, 0.15) is 31.2 Å². The van der Waals surface area contributed by atoms with Crippen molar-refractivity contribution < 1.29 is 19.1 Å². The number of likely N-dealkylation sites (N-methyl/N-ethyl adjacent to an activating group) is 1. The lowest BCUT2D eigenvalue weighted by Gasteiger charge is -2.10. The van der Waals surface area contributed by atoms with Crippen molar-refractivity contribution in [3.05, 3.63) is 59.4 Å². The van der Waals surface area contributed by atoms with E-state index in [0.29, 0.717) is 24.3 Å². The molecule has 0 saturated carbocycles. The van der Waals surface area contributed by atoms with Crippen LogP contribution in [-0.2, 0) is 4.74 Å². The van der Waals surface area contributed by atoms with Gasteiger partial charge in [-0.2, -0.15) is 0 Å². The average Bonchev–Trinajstić information content (AvgIpc) is 2.67. The molecule has 0 aliphatic rings. The van der Waals surface area contributed by atoms with Gasteiger partial charge < -0.3 is 20.3 Å². The van der Waals surface area contributed by atoms with Gasteiger partial charge in [-0.25, -0.2) is 4.79 Å². The highest BCUT2D eigenvalue weighted by molar-refractivity contribution is 6.06. The van der Waals surface area contributed by atoms with E-state index < -0.39 is 11.9 Å². The largest absolute Gasteiger partial charge is 0.465 e. The van der Waals surface area contributed by atoms with Crippen LogP contribution in [0.2, 0.25) is 0 Å². The van der Waals surface area contributed by atoms with Gasteiger partial charge >= 0.3 is 5.97 Å². The number of ether oxygens (including phenoxy) is 1. The molecular formula is C19H22N4O4. The first kappa shape index (κ1) is 20.1. The summed E-state index contributed by atoms with van der Waals surface area (Å²) in [5.41, 5.74) is 1.21. The Balaban J connectivity index is 2.07. The summed E-state index contributed by atoms with van der Waals surface area (Å²) in [5, 5.41) is 5.44. The van der Waals surface area contributed by atoms with Crippen molar-refractivity contribution in [3.8, 4) is 0 Å². The predicted molar refractivity (Wildman–Crippen MR) is 101 cm³/mol. The van der Waals surface area contributed by atoms with Gasteiger partial charge in [-0.05, 0) is 44.4 Å². The van der Waals surface area contributed by atoms with E-state index in [2.05, 4.69) is 20.4 Å². The molecule has 0 aliphatic heterocycles. The third kappa shape index (κ3) is 5.89. The van der Waals surface area contributed by atoms with Gasteiger partial charge in [0.1, 0.15) is 5.69 Å². The SMILES string of the molecule is COC(=O)c1cccc(NC(=O)c2ccnc(C(=O)NCCN(C)C)c2)c1. The smallest absolute Gasteiger partial charge is 0.337 e. The molecule has 0 unspecified atom stereocenters. The minimum atomic E-state index is -0.494. The molecule has 1 aromatic carbocycles. The Morgan fingerprint density at radius 1 is 1.07 bits per heavy atom.